The Hall–Kier alpha value is -2.36. The van der Waals surface area contributed by atoms with E-state index in [1.165, 1.54) is 11.8 Å². The molecule has 10 heteroatoms. The van der Waals surface area contributed by atoms with Gasteiger partial charge in [-0.1, -0.05) is 41.6 Å². The number of carbonyl (C=O) groups is 2. The van der Waals surface area contributed by atoms with Crippen LogP contribution in [0.5, 0.6) is 0 Å². The molecule has 1 atom stereocenters. The maximum absolute atomic E-state index is 12.3. The van der Waals surface area contributed by atoms with Crippen molar-refractivity contribution in [2.45, 2.75) is 18.1 Å². The summed E-state index contributed by atoms with van der Waals surface area (Å²) in [5.74, 6) is 0.401. The average molecular weight is 509 g/mol. The number of benzene rings is 2. The summed E-state index contributed by atoms with van der Waals surface area (Å²) in [5.41, 5.74) is 1.22. The van der Waals surface area contributed by atoms with Crippen molar-refractivity contribution in [1.82, 2.24) is 20.1 Å². The second-order valence-corrected chi connectivity index (χ2v) is 8.63. The Labute approximate surface area is 191 Å². The molecule has 2 aromatic carbocycles. The third-order valence-corrected chi connectivity index (χ3v) is 6.41. The summed E-state index contributed by atoms with van der Waals surface area (Å²) in [6, 6.07) is 13.8. The Morgan fingerprint density at radius 3 is 2.63 bits per heavy atom. The van der Waals surface area contributed by atoms with Gasteiger partial charge < -0.3 is 15.2 Å². The molecular weight excluding hydrogens is 490 g/mol. The highest BCUT2D eigenvalue weighted by molar-refractivity contribution is 9.10. The van der Waals surface area contributed by atoms with E-state index in [1.807, 2.05) is 25.1 Å². The first-order valence-electron chi connectivity index (χ1n) is 8.98. The normalized spacial score (nSPS) is 11.7. The van der Waals surface area contributed by atoms with Crippen LogP contribution in [0.1, 0.15) is 29.1 Å². The number of halogens is 2. The zero-order valence-electron chi connectivity index (χ0n) is 16.2. The average Bonchev–Trinajstić information content (AvgIpc) is 3.10. The third-order valence-electron chi connectivity index (χ3n) is 4.18. The van der Waals surface area contributed by atoms with Crippen LogP contribution in [0.3, 0.4) is 0 Å². The van der Waals surface area contributed by atoms with Crippen molar-refractivity contribution in [1.29, 1.82) is 0 Å². The van der Waals surface area contributed by atoms with Crippen LogP contribution in [0.25, 0.3) is 0 Å². The quantitative estimate of drug-likeness (QED) is 0.460. The van der Waals surface area contributed by atoms with E-state index in [2.05, 4.69) is 36.8 Å². The summed E-state index contributed by atoms with van der Waals surface area (Å²) >= 11 is 10.6. The van der Waals surface area contributed by atoms with Gasteiger partial charge in [0.25, 0.3) is 5.91 Å². The highest BCUT2D eigenvalue weighted by Crippen LogP contribution is 2.26. The molecule has 0 saturated heterocycles. The predicted octanol–water partition coefficient (Wildman–Crippen LogP) is 4.45. The summed E-state index contributed by atoms with van der Waals surface area (Å²) < 4.78 is 2.48. The lowest BCUT2D eigenvalue weighted by Gasteiger charge is -2.13. The number of nitrogens with zero attached hydrogens (tertiary/aromatic N) is 3. The van der Waals surface area contributed by atoms with Crippen molar-refractivity contribution in [3.05, 3.63) is 69.4 Å². The zero-order chi connectivity index (χ0) is 21.7. The first-order valence-corrected chi connectivity index (χ1v) is 11.1. The molecule has 0 radical (unpaired) electrons. The fourth-order valence-corrected chi connectivity index (χ4v) is 3.88. The smallest absolute Gasteiger partial charge is 0.251 e. The second-order valence-electron chi connectivity index (χ2n) is 6.43. The van der Waals surface area contributed by atoms with Gasteiger partial charge in [0, 0.05) is 22.8 Å². The van der Waals surface area contributed by atoms with Crippen molar-refractivity contribution in [2.24, 2.45) is 7.05 Å². The Balaban J connectivity index is 1.57. The van der Waals surface area contributed by atoms with Gasteiger partial charge in [0.2, 0.25) is 5.91 Å². The van der Waals surface area contributed by atoms with Crippen LogP contribution in [0.2, 0.25) is 5.02 Å². The fourth-order valence-electron chi connectivity index (χ4n) is 2.66. The molecule has 1 aromatic heterocycles. The first kappa shape index (κ1) is 22.3. The van der Waals surface area contributed by atoms with Crippen molar-refractivity contribution < 1.29 is 9.59 Å². The van der Waals surface area contributed by atoms with E-state index >= 15 is 0 Å². The number of carbonyl (C=O) groups excluding carboxylic acids is 2. The SMILES string of the molecule is C[C@H](NC(=O)c1ccccc1)c1nnc(SCC(=O)Nc2ccc(Cl)c(Br)c2)n1C. The number of hydrogen-bond acceptors (Lipinski definition) is 5. The molecule has 2 N–H and O–H groups in total. The molecule has 1 heterocycles. The fraction of sp³-hybridized carbons (Fsp3) is 0.200. The van der Waals surface area contributed by atoms with Crippen LogP contribution in [-0.4, -0.2) is 32.3 Å². The molecule has 3 rings (SSSR count). The van der Waals surface area contributed by atoms with Crippen molar-refractivity contribution >= 4 is 56.8 Å². The predicted molar refractivity (Wildman–Crippen MR) is 122 cm³/mol. The van der Waals surface area contributed by atoms with E-state index in [9.17, 15) is 9.59 Å². The van der Waals surface area contributed by atoms with Gasteiger partial charge in [0.1, 0.15) is 0 Å². The van der Waals surface area contributed by atoms with E-state index < -0.39 is 0 Å². The van der Waals surface area contributed by atoms with E-state index in [0.717, 1.165) is 0 Å². The summed E-state index contributed by atoms with van der Waals surface area (Å²) in [6.07, 6.45) is 0. The van der Waals surface area contributed by atoms with Crippen LogP contribution in [0.15, 0.2) is 58.2 Å². The number of anilines is 1. The summed E-state index contributed by atoms with van der Waals surface area (Å²) in [6.45, 7) is 1.84. The number of amides is 2. The van der Waals surface area contributed by atoms with Crippen molar-refractivity contribution in [3.63, 3.8) is 0 Å². The molecule has 3 aromatic rings. The third kappa shape index (κ3) is 5.62. The Morgan fingerprint density at radius 1 is 1.20 bits per heavy atom. The van der Waals surface area contributed by atoms with Crippen LogP contribution in [-0.2, 0) is 11.8 Å². The molecule has 0 saturated carbocycles. The molecule has 0 aliphatic carbocycles. The van der Waals surface area contributed by atoms with Crippen LogP contribution in [0, 0.1) is 0 Å². The lowest BCUT2D eigenvalue weighted by Crippen LogP contribution is -2.28. The minimum Gasteiger partial charge on any atom is -0.342 e. The minimum absolute atomic E-state index is 0.164. The lowest BCUT2D eigenvalue weighted by molar-refractivity contribution is -0.113. The molecule has 0 aliphatic heterocycles. The highest BCUT2D eigenvalue weighted by Gasteiger charge is 2.19. The Morgan fingerprint density at radius 2 is 1.93 bits per heavy atom. The second kappa shape index (κ2) is 10.1. The molecule has 156 valence electrons. The van der Waals surface area contributed by atoms with Gasteiger partial charge in [0.15, 0.2) is 11.0 Å². The molecular formula is C20H19BrClN5O2S. The summed E-state index contributed by atoms with van der Waals surface area (Å²) in [5, 5.41) is 15.2. The van der Waals surface area contributed by atoms with E-state index in [4.69, 9.17) is 11.6 Å². The molecule has 30 heavy (non-hydrogen) atoms. The summed E-state index contributed by atoms with van der Waals surface area (Å²) in [4.78, 5) is 24.6. The molecule has 0 aliphatic rings. The van der Waals surface area contributed by atoms with E-state index in [1.54, 1.807) is 41.9 Å². The van der Waals surface area contributed by atoms with Gasteiger partial charge >= 0.3 is 0 Å². The van der Waals surface area contributed by atoms with E-state index in [0.29, 0.717) is 31.7 Å². The molecule has 0 fully saturated rings. The van der Waals surface area contributed by atoms with E-state index in [-0.39, 0.29) is 23.6 Å². The number of aromatic nitrogens is 3. The Bertz CT molecular complexity index is 1060. The number of hydrogen-bond donors (Lipinski definition) is 2. The van der Waals surface area contributed by atoms with Gasteiger partial charge in [0.05, 0.1) is 16.8 Å². The number of thioether (sulfide) groups is 1. The molecule has 2 amide bonds. The van der Waals surface area contributed by atoms with Gasteiger partial charge in [-0.15, -0.1) is 10.2 Å². The van der Waals surface area contributed by atoms with Gasteiger partial charge in [-0.2, -0.15) is 0 Å². The van der Waals surface area contributed by atoms with Gasteiger partial charge in [-0.05, 0) is 53.2 Å². The first-order chi connectivity index (χ1) is 14.3. The van der Waals surface area contributed by atoms with Gasteiger partial charge in [-0.25, -0.2) is 0 Å². The Kier molecular flexibility index (Phi) is 7.52. The largest absolute Gasteiger partial charge is 0.342 e. The standard InChI is InChI=1S/C20H19BrClN5O2S/c1-12(23-19(29)13-6-4-3-5-7-13)18-25-26-20(27(18)2)30-11-17(28)24-14-8-9-16(22)15(21)10-14/h3-10,12H,11H2,1-2H3,(H,23,29)(H,24,28)/t12-/m0/s1. The topological polar surface area (TPSA) is 88.9 Å². The number of nitrogens with one attached hydrogen (secondary N) is 2. The molecule has 0 bridgehead atoms. The van der Waals surface area contributed by atoms with Crippen molar-refractivity contribution in [2.75, 3.05) is 11.1 Å². The highest BCUT2D eigenvalue weighted by atomic mass is 79.9. The summed E-state index contributed by atoms with van der Waals surface area (Å²) in [7, 11) is 1.80. The maximum atomic E-state index is 12.3. The van der Waals surface area contributed by atoms with Crippen molar-refractivity contribution in [3.8, 4) is 0 Å². The lowest BCUT2D eigenvalue weighted by atomic mass is 10.2. The molecule has 7 nitrogen and oxygen atoms in total. The number of rotatable bonds is 7. The maximum Gasteiger partial charge on any atom is 0.251 e. The van der Waals surface area contributed by atoms with Gasteiger partial charge in [-0.3, -0.25) is 9.59 Å². The van der Waals surface area contributed by atoms with Crippen LogP contribution < -0.4 is 10.6 Å². The van der Waals surface area contributed by atoms with Crippen LogP contribution in [0.4, 0.5) is 5.69 Å². The monoisotopic (exact) mass is 507 g/mol. The zero-order valence-corrected chi connectivity index (χ0v) is 19.4. The molecule has 0 unspecified atom stereocenters. The van der Waals surface area contributed by atoms with Crippen LogP contribution >= 0.6 is 39.3 Å². The molecule has 0 spiro atoms. The minimum atomic E-state index is -0.343.